The van der Waals surface area contributed by atoms with Gasteiger partial charge in [0.25, 0.3) is 0 Å². The molecule has 2 aliphatic carbocycles. The lowest BCUT2D eigenvalue weighted by Gasteiger charge is -2.45. The van der Waals surface area contributed by atoms with E-state index in [1.165, 1.54) is 51.4 Å². The van der Waals surface area contributed by atoms with E-state index in [9.17, 15) is 0 Å². The molecule has 106 valence electrons. The average molecular weight is 252 g/mol. The highest BCUT2D eigenvalue weighted by atomic mass is 15.2. The van der Waals surface area contributed by atoms with Crippen molar-refractivity contribution >= 4 is 0 Å². The number of rotatable bonds is 4. The molecule has 0 heterocycles. The zero-order valence-electron chi connectivity index (χ0n) is 12.6. The van der Waals surface area contributed by atoms with Crippen molar-refractivity contribution in [1.29, 1.82) is 0 Å². The van der Waals surface area contributed by atoms with Gasteiger partial charge in [0.1, 0.15) is 0 Å². The van der Waals surface area contributed by atoms with E-state index in [-0.39, 0.29) is 0 Å². The van der Waals surface area contributed by atoms with Crippen LogP contribution in [0, 0.1) is 11.8 Å². The van der Waals surface area contributed by atoms with Crippen molar-refractivity contribution in [3.05, 3.63) is 0 Å². The molecule has 0 aromatic carbocycles. The Morgan fingerprint density at radius 1 is 1.17 bits per heavy atom. The molecule has 2 nitrogen and oxygen atoms in total. The summed E-state index contributed by atoms with van der Waals surface area (Å²) in [7, 11) is 2.35. The Bertz CT molecular complexity index is 258. The summed E-state index contributed by atoms with van der Waals surface area (Å²) in [4.78, 5) is 2.68. The van der Waals surface area contributed by atoms with E-state index in [1.807, 2.05) is 0 Å². The summed E-state index contributed by atoms with van der Waals surface area (Å²) < 4.78 is 0. The lowest BCUT2D eigenvalue weighted by atomic mass is 9.81. The number of nitrogens with zero attached hydrogens (tertiary/aromatic N) is 1. The first-order chi connectivity index (χ1) is 8.61. The van der Waals surface area contributed by atoms with Gasteiger partial charge in [-0.3, -0.25) is 4.90 Å². The van der Waals surface area contributed by atoms with Crippen molar-refractivity contribution in [2.75, 3.05) is 13.6 Å². The third kappa shape index (κ3) is 2.75. The second kappa shape index (κ2) is 5.92. The predicted molar refractivity (Wildman–Crippen MR) is 78.6 cm³/mol. The van der Waals surface area contributed by atoms with Gasteiger partial charge in [-0.05, 0) is 63.8 Å². The van der Waals surface area contributed by atoms with Gasteiger partial charge in [-0.15, -0.1) is 0 Å². The van der Waals surface area contributed by atoms with E-state index in [1.54, 1.807) is 0 Å². The van der Waals surface area contributed by atoms with Crippen LogP contribution >= 0.6 is 0 Å². The molecule has 2 atom stereocenters. The summed E-state index contributed by atoms with van der Waals surface area (Å²) in [6.07, 6.45) is 11.0. The molecule has 2 unspecified atom stereocenters. The minimum absolute atomic E-state index is 0.323. The van der Waals surface area contributed by atoms with Gasteiger partial charge < -0.3 is 5.73 Å². The van der Waals surface area contributed by atoms with Gasteiger partial charge >= 0.3 is 0 Å². The maximum Gasteiger partial charge on any atom is 0.0334 e. The molecule has 0 aliphatic heterocycles. The number of likely N-dealkylation sites (N-methyl/N-ethyl adjacent to an activating group) is 1. The van der Waals surface area contributed by atoms with Crippen molar-refractivity contribution in [3.8, 4) is 0 Å². The molecule has 0 bridgehead atoms. The van der Waals surface area contributed by atoms with Crippen LogP contribution in [0.1, 0.15) is 65.2 Å². The molecular formula is C16H32N2. The van der Waals surface area contributed by atoms with Gasteiger partial charge in [0.15, 0.2) is 0 Å². The first kappa shape index (κ1) is 14.3. The molecule has 2 rings (SSSR count). The van der Waals surface area contributed by atoms with Crippen molar-refractivity contribution < 1.29 is 0 Å². The fourth-order valence-electron chi connectivity index (χ4n) is 4.35. The maximum absolute atomic E-state index is 6.15. The molecule has 2 saturated carbocycles. The standard InChI is InChI=1S/C16H32N2/c1-4-14-5-7-15(8-6-14)18(3)16(12-17)10-9-13(2)11-16/h13-15H,4-12,17H2,1-3H3. The minimum Gasteiger partial charge on any atom is -0.329 e. The lowest BCUT2D eigenvalue weighted by Crippen LogP contribution is -2.55. The normalized spacial score (nSPS) is 41.5. The summed E-state index contributed by atoms with van der Waals surface area (Å²) in [5.74, 6) is 1.86. The topological polar surface area (TPSA) is 29.3 Å². The fourth-order valence-corrected chi connectivity index (χ4v) is 4.35. The monoisotopic (exact) mass is 252 g/mol. The Kier molecular flexibility index (Phi) is 4.71. The van der Waals surface area contributed by atoms with Crippen molar-refractivity contribution in [3.63, 3.8) is 0 Å². The van der Waals surface area contributed by atoms with Crippen LogP contribution in [0.5, 0.6) is 0 Å². The molecule has 2 N–H and O–H groups in total. The van der Waals surface area contributed by atoms with E-state index in [0.717, 1.165) is 24.4 Å². The summed E-state index contributed by atoms with van der Waals surface area (Å²) in [6.45, 7) is 5.58. The first-order valence-corrected chi connectivity index (χ1v) is 8.04. The third-order valence-electron chi connectivity index (χ3n) is 5.90. The molecule has 2 heteroatoms. The van der Waals surface area contributed by atoms with E-state index < -0.39 is 0 Å². The third-order valence-corrected chi connectivity index (χ3v) is 5.90. The van der Waals surface area contributed by atoms with E-state index >= 15 is 0 Å². The summed E-state index contributed by atoms with van der Waals surface area (Å²) in [6, 6.07) is 0.793. The van der Waals surface area contributed by atoms with Crippen molar-refractivity contribution in [1.82, 2.24) is 4.90 Å². The van der Waals surface area contributed by atoms with Crippen LogP contribution in [0.25, 0.3) is 0 Å². The second-order valence-electron chi connectivity index (χ2n) is 6.97. The van der Waals surface area contributed by atoms with Crippen LogP contribution in [0.4, 0.5) is 0 Å². The zero-order chi connectivity index (χ0) is 13.2. The van der Waals surface area contributed by atoms with Crippen LogP contribution in [0.3, 0.4) is 0 Å². The van der Waals surface area contributed by atoms with Gasteiger partial charge in [-0.25, -0.2) is 0 Å². The van der Waals surface area contributed by atoms with Gasteiger partial charge in [0.2, 0.25) is 0 Å². The van der Waals surface area contributed by atoms with E-state index in [0.29, 0.717) is 5.54 Å². The highest BCUT2D eigenvalue weighted by Gasteiger charge is 2.42. The molecule has 0 radical (unpaired) electrons. The van der Waals surface area contributed by atoms with Crippen molar-refractivity contribution in [2.45, 2.75) is 76.8 Å². The minimum atomic E-state index is 0.323. The highest BCUT2D eigenvalue weighted by Crippen LogP contribution is 2.41. The highest BCUT2D eigenvalue weighted by molar-refractivity contribution is 4.99. The molecule has 0 amide bonds. The fraction of sp³-hybridized carbons (Fsp3) is 1.00. The SMILES string of the molecule is CCC1CCC(N(C)C2(CN)CCC(C)C2)CC1. The number of nitrogens with two attached hydrogens (primary N) is 1. The summed E-state index contributed by atoms with van der Waals surface area (Å²) in [5, 5.41) is 0. The van der Waals surface area contributed by atoms with Crippen molar-refractivity contribution in [2.24, 2.45) is 17.6 Å². The van der Waals surface area contributed by atoms with Crippen LogP contribution in [-0.4, -0.2) is 30.1 Å². The first-order valence-electron chi connectivity index (χ1n) is 8.04. The van der Waals surface area contributed by atoms with Gasteiger partial charge in [-0.1, -0.05) is 20.3 Å². The Morgan fingerprint density at radius 3 is 2.28 bits per heavy atom. The number of hydrogen-bond acceptors (Lipinski definition) is 2. The molecule has 0 aromatic rings. The molecule has 2 fully saturated rings. The lowest BCUT2D eigenvalue weighted by molar-refractivity contribution is 0.0501. The Hall–Kier alpha value is -0.0800. The second-order valence-corrected chi connectivity index (χ2v) is 6.97. The maximum atomic E-state index is 6.15. The van der Waals surface area contributed by atoms with Gasteiger partial charge in [0, 0.05) is 18.1 Å². The predicted octanol–water partition coefficient (Wildman–Crippen LogP) is 3.40. The van der Waals surface area contributed by atoms with E-state index in [4.69, 9.17) is 5.73 Å². The summed E-state index contributed by atoms with van der Waals surface area (Å²) >= 11 is 0. The van der Waals surface area contributed by atoms with Crippen LogP contribution in [0.15, 0.2) is 0 Å². The Labute approximate surface area is 113 Å². The molecule has 0 saturated heterocycles. The van der Waals surface area contributed by atoms with E-state index in [2.05, 4.69) is 25.8 Å². The molecule has 0 aromatic heterocycles. The molecular weight excluding hydrogens is 220 g/mol. The zero-order valence-corrected chi connectivity index (χ0v) is 12.6. The average Bonchev–Trinajstić information content (AvgIpc) is 2.81. The van der Waals surface area contributed by atoms with Gasteiger partial charge in [-0.2, -0.15) is 0 Å². The smallest absolute Gasteiger partial charge is 0.0334 e. The van der Waals surface area contributed by atoms with Crippen LogP contribution in [-0.2, 0) is 0 Å². The van der Waals surface area contributed by atoms with Crippen LogP contribution < -0.4 is 5.73 Å². The molecule has 2 aliphatic rings. The Balaban J connectivity index is 1.96. The molecule has 0 spiro atoms. The Morgan fingerprint density at radius 2 is 1.83 bits per heavy atom. The van der Waals surface area contributed by atoms with Gasteiger partial charge in [0.05, 0.1) is 0 Å². The van der Waals surface area contributed by atoms with Crippen LogP contribution in [0.2, 0.25) is 0 Å². The molecule has 18 heavy (non-hydrogen) atoms. The quantitative estimate of drug-likeness (QED) is 0.831. The largest absolute Gasteiger partial charge is 0.329 e. The number of hydrogen-bond donors (Lipinski definition) is 1. The summed E-state index contributed by atoms with van der Waals surface area (Å²) in [5.41, 5.74) is 6.47.